The zero-order chi connectivity index (χ0) is 14.0. The number of halogens is 1. The van der Waals surface area contributed by atoms with Crippen molar-refractivity contribution in [2.45, 2.75) is 32.7 Å². The maximum Gasteiger partial charge on any atom is 0.338 e. The SMILES string of the molecule is CCN(c1sc(Br)c(C(=O)O)c1C)C1CCOCC1. The van der Waals surface area contributed by atoms with Crippen LogP contribution < -0.4 is 4.90 Å². The monoisotopic (exact) mass is 347 g/mol. The molecule has 0 unspecified atom stereocenters. The van der Waals surface area contributed by atoms with Gasteiger partial charge in [0.2, 0.25) is 0 Å². The number of carbonyl (C=O) groups is 1. The number of rotatable bonds is 4. The minimum atomic E-state index is -0.866. The molecule has 2 rings (SSSR count). The smallest absolute Gasteiger partial charge is 0.338 e. The molecule has 1 N–H and O–H groups in total. The molecule has 1 aliphatic rings. The molecule has 0 bridgehead atoms. The second kappa shape index (κ2) is 6.24. The van der Waals surface area contributed by atoms with E-state index in [0.717, 1.165) is 43.2 Å². The van der Waals surface area contributed by atoms with Crippen LogP contribution in [0, 0.1) is 6.92 Å². The fraction of sp³-hybridized carbons (Fsp3) is 0.615. The number of nitrogens with zero attached hydrogens (tertiary/aromatic N) is 1. The van der Waals surface area contributed by atoms with Crippen LogP contribution >= 0.6 is 27.3 Å². The largest absolute Gasteiger partial charge is 0.478 e. The van der Waals surface area contributed by atoms with Crippen LogP contribution in [0.1, 0.15) is 35.7 Å². The number of carboxylic acid groups (broad SMARTS) is 1. The van der Waals surface area contributed by atoms with E-state index in [0.29, 0.717) is 15.4 Å². The van der Waals surface area contributed by atoms with Crippen LogP contribution in [0.25, 0.3) is 0 Å². The van der Waals surface area contributed by atoms with Gasteiger partial charge in [-0.3, -0.25) is 0 Å². The molecule has 1 aromatic rings. The van der Waals surface area contributed by atoms with E-state index >= 15 is 0 Å². The summed E-state index contributed by atoms with van der Waals surface area (Å²) in [7, 11) is 0. The van der Waals surface area contributed by atoms with Gasteiger partial charge in [-0.1, -0.05) is 0 Å². The van der Waals surface area contributed by atoms with Crippen molar-refractivity contribution in [1.82, 2.24) is 0 Å². The number of anilines is 1. The summed E-state index contributed by atoms with van der Waals surface area (Å²) in [5, 5.41) is 10.3. The number of hydrogen-bond acceptors (Lipinski definition) is 4. The predicted molar refractivity (Wildman–Crippen MR) is 80.6 cm³/mol. The van der Waals surface area contributed by atoms with Crippen molar-refractivity contribution in [1.29, 1.82) is 0 Å². The molecule has 4 nitrogen and oxygen atoms in total. The Balaban J connectivity index is 2.32. The lowest BCUT2D eigenvalue weighted by atomic mass is 10.1. The molecule has 0 aromatic carbocycles. The van der Waals surface area contributed by atoms with Crippen LogP contribution in [0.15, 0.2) is 3.79 Å². The Hall–Kier alpha value is -0.590. The summed E-state index contributed by atoms with van der Waals surface area (Å²) < 4.78 is 6.11. The van der Waals surface area contributed by atoms with Crippen molar-refractivity contribution in [3.05, 3.63) is 14.9 Å². The van der Waals surface area contributed by atoms with Gasteiger partial charge in [-0.25, -0.2) is 4.79 Å². The summed E-state index contributed by atoms with van der Waals surface area (Å²) in [6.07, 6.45) is 2.01. The summed E-state index contributed by atoms with van der Waals surface area (Å²) in [5.41, 5.74) is 1.25. The third-order valence-corrected chi connectivity index (χ3v) is 5.53. The van der Waals surface area contributed by atoms with Gasteiger partial charge in [-0.05, 0) is 48.2 Å². The highest BCUT2D eigenvalue weighted by atomic mass is 79.9. The molecule has 1 aromatic heterocycles. The van der Waals surface area contributed by atoms with Gasteiger partial charge in [0.1, 0.15) is 0 Å². The Morgan fingerprint density at radius 1 is 1.53 bits per heavy atom. The van der Waals surface area contributed by atoms with Gasteiger partial charge in [-0.2, -0.15) is 0 Å². The molecule has 19 heavy (non-hydrogen) atoms. The normalized spacial score (nSPS) is 16.6. The molecule has 0 amide bonds. The van der Waals surface area contributed by atoms with Crippen molar-refractivity contribution < 1.29 is 14.6 Å². The fourth-order valence-electron chi connectivity index (χ4n) is 2.55. The molecule has 1 aliphatic heterocycles. The molecular formula is C13H18BrNO3S. The Morgan fingerprint density at radius 2 is 2.16 bits per heavy atom. The lowest BCUT2D eigenvalue weighted by molar-refractivity contribution is 0.0695. The minimum Gasteiger partial charge on any atom is -0.478 e. The number of ether oxygens (including phenoxy) is 1. The third-order valence-electron chi connectivity index (χ3n) is 3.53. The van der Waals surface area contributed by atoms with E-state index in [4.69, 9.17) is 4.74 Å². The van der Waals surface area contributed by atoms with Crippen molar-refractivity contribution in [3.8, 4) is 0 Å². The van der Waals surface area contributed by atoms with Crippen LogP contribution in [-0.4, -0.2) is 36.9 Å². The molecule has 6 heteroatoms. The summed E-state index contributed by atoms with van der Waals surface area (Å²) >= 11 is 4.89. The Morgan fingerprint density at radius 3 is 2.63 bits per heavy atom. The highest BCUT2D eigenvalue weighted by Crippen LogP contribution is 2.40. The highest BCUT2D eigenvalue weighted by Gasteiger charge is 2.27. The molecular weight excluding hydrogens is 330 g/mol. The van der Waals surface area contributed by atoms with E-state index in [9.17, 15) is 9.90 Å². The van der Waals surface area contributed by atoms with E-state index in [-0.39, 0.29) is 0 Å². The van der Waals surface area contributed by atoms with Gasteiger partial charge in [0.05, 0.1) is 14.4 Å². The summed E-state index contributed by atoms with van der Waals surface area (Å²) in [6, 6.07) is 0.449. The van der Waals surface area contributed by atoms with Crippen molar-refractivity contribution in [2.75, 3.05) is 24.7 Å². The second-order valence-electron chi connectivity index (χ2n) is 4.62. The summed E-state index contributed by atoms with van der Waals surface area (Å²) in [4.78, 5) is 13.6. The number of hydrogen-bond donors (Lipinski definition) is 1. The molecule has 0 spiro atoms. The average Bonchev–Trinajstić information content (AvgIpc) is 2.67. The first-order valence-corrected chi connectivity index (χ1v) is 8.03. The molecule has 0 radical (unpaired) electrons. The third kappa shape index (κ3) is 2.95. The van der Waals surface area contributed by atoms with Gasteiger partial charge >= 0.3 is 5.97 Å². The molecule has 1 saturated heterocycles. The van der Waals surface area contributed by atoms with Gasteiger partial charge in [0.25, 0.3) is 0 Å². The van der Waals surface area contributed by atoms with Gasteiger partial charge in [-0.15, -0.1) is 11.3 Å². The standard InChI is InChI=1S/C13H18BrNO3S/c1-3-15(9-4-6-18-7-5-9)12-8(2)10(13(16)17)11(14)19-12/h9H,3-7H2,1-2H3,(H,16,17). The maximum absolute atomic E-state index is 11.3. The second-order valence-corrected chi connectivity index (χ2v) is 6.93. The minimum absolute atomic E-state index is 0.394. The van der Waals surface area contributed by atoms with E-state index < -0.39 is 5.97 Å². The van der Waals surface area contributed by atoms with Crippen LogP contribution in [0.4, 0.5) is 5.00 Å². The van der Waals surface area contributed by atoms with E-state index in [2.05, 4.69) is 27.8 Å². The number of thiophene rings is 1. The maximum atomic E-state index is 11.3. The quantitative estimate of drug-likeness (QED) is 0.905. The summed E-state index contributed by atoms with van der Waals surface area (Å²) in [6.45, 7) is 6.47. The van der Waals surface area contributed by atoms with Crippen LogP contribution in [0.5, 0.6) is 0 Å². The lowest BCUT2D eigenvalue weighted by Gasteiger charge is -2.34. The van der Waals surface area contributed by atoms with Crippen molar-refractivity contribution in [2.24, 2.45) is 0 Å². The molecule has 2 heterocycles. The van der Waals surface area contributed by atoms with Crippen LogP contribution in [-0.2, 0) is 4.74 Å². The van der Waals surface area contributed by atoms with Gasteiger partial charge < -0.3 is 14.7 Å². The molecule has 106 valence electrons. The predicted octanol–water partition coefficient (Wildman–Crippen LogP) is 3.52. The molecule has 0 atom stereocenters. The first-order chi connectivity index (χ1) is 9.06. The van der Waals surface area contributed by atoms with Gasteiger partial charge in [0.15, 0.2) is 0 Å². The zero-order valence-electron chi connectivity index (χ0n) is 11.1. The number of aromatic carboxylic acids is 1. The van der Waals surface area contributed by atoms with Gasteiger partial charge in [0, 0.05) is 25.8 Å². The lowest BCUT2D eigenvalue weighted by Crippen LogP contribution is -2.39. The van der Waals surface area contributed by atoms with Crippen LogP contribution in [0.2, 0.25) is 0 Å². The first kappa shape index (κ1) is 14.8. The summed E-state index contributed by atoms with van der Waals surface area (Å²) in [5.74, 6) is -0.866. The van der Waals surface area contributed by atoms with E-state index in [1.807, 2.05) is 6.92 Å². The van der Waals surface area contributed by atoms with Crippen molar-refractivity contribution >= 4 is 38.2 Å². The molecule has 0 aliphatic carbocycles. The van der Waals surface area contributed by atoms with Crippen LogP contribution in [0.3, 0.4) is 0 Å². The molecule has 0 saturated carbocycles. The Bertz CT molecular complexity index is 469. The fourth-order valence-corrected chi connectivity index (χ4v) is 4.64. The zero-order valence-corrected chi connectivity index (χ0v) is 13.5. The molecule has 1 fully saturated rings. The first-order valence-electron chi connectivity index (χ1n) is 6.42. The highest BCUT2D eigenvalue weighted by molar-refractivity contribution is 9.11. The average molecular weight is 348 g/mol. The Labute approximate surface area is 125 Å². The topological polar surface area (TPSA) is 49.8 Å². The number of carboxylic acids is 1. The van der Waals surface area contributed by atoms with E-state index in [1.54, 1.807) is 0 Å². The van der Waals surface area contributed by atoms with Crippen molar-refractivity contribution in [3.63, 3.8) is 0 Å². The Kier molecular flexibility index (Phi) is 4.86. The van der Waals surface area contributed by atoms with E-state index in [1.165, 1.54) is 11.3 Å².